The Balaban J connectivity index is 1.89. The van der Waals surface area contributed by atoms with E-state index in [-0.39, 0.29) is 18.3 Å². The van der Waals surface area contributed by atoms with Gasteiger partial charge >= 0.3 is 0 Å². The first-order valence-electron chi connectivity index (χ1n) is 7.64. The monoisotopic (exact) mass is 267 g/mol. The molecule has 1 N–H and O–H groups in total. The third-order valence-corrected chi connectivity index (χ3v) is 5.61. The Morgan fingerprint density at radius 3 is 2.74 bits per heavy atom. The summed E-state index contributed by atoms with van der Waals surface area (Å²) in [5.41, 5.74) is -0.747. The molecule has 2 bridgehead atoms. The lowest BCUT2D eigenvalue weighted by atomic mass is 9.68. The van der Waals surface area contributed by atoms with Crippen molar-refractivity contribution in [2.75, 3.05) is 26.9 Å². The minimum Gasteiger partial charge on any atom is -0.394 e. The number of aliphatic hydroxyl groups excluding tert-OH is 1. The van der Waals surface area contributed by atoms with E-state index in [2.05, 4.69) is 4.90 Å². The van der Waals surface area contributed by atoms with E-state index in [0.717, 1.165) is 25.3 Å². The van der Waals surface area contributed by atoms with Crippen LogP contribution in [0.4, 0.5) is 0 Å². The molecule has 19 heavy (non-hydrogen) atoms. The summed E-state index contributed by atoms with van der Waals surface area (Å²) in [6.07, 6.45) is 7.20. The molecule has 0 aromatic rings. The maximum Gasteiger partial charge on any atom is 0.161 e. The van der Waals surface area contributed by atoms with Gasteiger partial charge in [-0.1, -0.05) is 12.8 Å². The van der Waals surface area contributed by atoms with E-state index < -0.39 is 5.54 Å². The quantitative estimate of drug-likeness (QED) is 0.832. The molecular weight excluding hydrogens is 242 g/mol. The highest BCUT2D eigenvalue weighted by molar-refractivity contribution is 5.92. The molecule has 4 rings (SSSR count). The molecule has 0 aromatic carbocycles. The van der Waals surface area contributed by atoms with Crippen LogP contribution in [0.3, 0.4) is 0 Å². The smallest absolute Gasteiger partial charge is 0.161 e. The number of ether oxygens (including phenoxy) is 1. The van der Waals surface area contributed by atoms with Crippen LogP contribution in [-0.4, -0.2) is 54.2 Å². The van der Waals surface area contributed by atoms with Gasteiger partial charge in [-0.05, 0) is 31.6 Å². The first-order chi connectivity index (χ1) is 9.23. The van der Waals surface area contributed by atoms with Gasteiger partial charge in [-0.2, -0.15) is 0 Å². The predicted octanol–water partition coefficient (Wildman–Crippen LogP) is 1.22. The van der Waals surface area contributed by atoms with Gasteiger partial charge < -0.3 is 9.84 Å². The topological polar surface area (TPSA) is 49.8 Å². The minimum absolute atomic E-state index is 0.0978. The number of hydrogen-bond donors (Lipinski definition) is 1. The van der Waals surface area contributed by atoms with Gasteiger partial charge in [0.2, 0.25) is 0 Å². The molecule has 0 amide bonds. The standard InChI is InChI=1S/C15H25NO3/c1-19-10-15(9-17)14(18)12-6-7-16(15)13(8-12)11-4-2-3-5-11/h11-13,17H,2-10H2,1H3/t12-,13-,15+/m0/s1. The average molecular weight is 267 g/mol. The van der Waals surface area contributed by atoms with Crippen LogP contribution < -0.4 is 0 Å². The molecule has 108 valence electrons. The highest BCUT2D eigenvalue weighted by atomic mass is 16.5. The predicted molar refractivity (Wildman–Crippen MR) is 71.9 cm³/mol. The van der Waals surface area contributed by atoms with Crippen molar-refractivity contribution >= 4 is 5.78 Å². The molecule has 1 aliphatic carbocycles. The van der Waals surface area contributed by atoms with Gasteiger partial charge in [0, 0.05) is 25.6 Å². The van der Waals surface area contributed by atoms with E-state index in [0.29, 0.717) is 12.6 Å². The number of fused-ring (bicyclic) bond motifs is 3. The number of carbonyl (C=O) groups excluding carboxylic acids is 1. The summed E-state index contributed by atoms with van der Waals surface area (Å²) in [4.78, 5) is 14.9. The molecule has 0 radical (unpaired) electrons. The molecule has 3 saturated heterocycles. The number of ketones is 1. The van der Waals surface area contributed by atoms with Crippen LogP contribution in [0.15, 0.2) is 0 Å². The molecule has 1 saturated carbocycles. The fraction of sp³-hybridized carbons (Fsp3) is 0.933. The van der Waals surface area contributed by atoms with E-state index in [4.69, 9.17) is 4.74 Å². The van der Waals surface area contributed by atoms with E-state index in [9.17, 15) is 9.90 Å². The Kier molecular flexibility index (Phi) is 3.67. The summed E-state index contributed by atoms with van der Waals surface area (Å²) in [7, 11) is 1.62. The minimum atomic E-state index is -0.747. The fourth-order valence-electron chi connectivity index (χ4n) is 4.68. The number of rotatable bonds is 4. The van der Waals surface area contributed by atoms with Crippen LogP contribution in [0.2, 0.25) is 0 Å². The number of carbonyl (C=O) groups is 1. The van der Waals surface area contributed by atoms with Crippen molar-refractivity contribution in [3.63, 3.8) is 0 Å². The summed E-state index contributed by atoms with van der Waals surface area (Å²) < 4.78 is 5.29. The first kappa shape index (κ1) is 13.5. The van der Waals surface area contributed by atoms with Crippen molar-refractivity contribution in [1.29, 1.82) is 0 Å². The van der Waals surface area contributed by atoms with Gasteiger partial charge in [0.25, 0.3) is 0 Å². The lowest BCUT2D eigenvalue weighted by Gasteiger charge is -2.57. The van der Waals surface area contributed by atoms with Crippen molar-refractivity contribution in [2.45, 2.75) is 50.1 Å². The average Bonchev–Trinajstić information content (AvgIpc) is 2.97. The number of piperidine rings is 3. The summed E-state index contributed by atoms with van der Waals surface area (Å²) >= 11 is 0. The molecule has 3 heterocycles. The fourth-order valence-corrected chi connectivity index (χ4v) is 4.68. The van der Waals surface area contributed by atoms with Gasteiger partial charge in [0.05, 0.1) is 13.2 Å². The van der Waals surface area contributed by atoms with E-state index in [1.807, 2.05) is 0 Å². The van der Waals surface area contributed by atoms with Crippen LogP contribution in [0, 0.1) is 11.8 Å². The molecule has 4 nitrogen and oxygen atoms in total. The van der Waals surface area contributed by atoms with Crippen LogP contribution in [0.1, 0.15) is 38.5 Å². The SMILES string of the molecule is COC[C@]1(CO)C(=O)[C@H]2CCN1[C@H](C1CCCC1)C2. The van der Waals surface area contributed by atoms with Crippen LogP contribution in [0.25, 0.3) is 0 Å². The zero-order chi connectivity index (χ0) is 13.5. The van der Waals surface area contributed by atoms with Crippen molar-refractivity contribution in [1.82, 2.24) is 4.90 Å². The lowest BCUT2D eigenvalue weighted by molar-refractivity contribution is -0.169. The van der Waals surface area contributed by atoms with Crippen LogP contribution in [-0.2, 0) is 9.53 Å². The first-order valence-corrected chi connectivity index (χ1v) is 7.64. The van der Waals surface area contributed by atoms with Gasteiger partial charge in [0.15, 0.2) is 5.78 Å². The van der Waals surface area contributed by atoms with E-state index in [1.165, 1.54) is 25.7 Å². The zero-order valence-corrected chi connectivity index (χ0v) is 11.8. The molecule has 1 unspecified atom stereocenters. The number of nitrogens with zero attached hydrogens (tertiary/aromatic N) is 1. The van der Waals surface area contributed by atoms with E-state index >= 15 is 0 Å². The Morgan fingerprint density at radius 2 is 2.11 bits per heavy atom. The van der Waals surface area contributed by atoms with Gasteiger partial charge in [0.1, 0.15) is 5.54 Å². The second-order valence-electron chi connectivity index (χ2n) is 6.51. The normalized spacial score (nSPS) is 43.1. The molecule has 0 aromatic heterocycles. The number of aliphatic hydroxyl groups is 1. The number of methoxy groups -OCH3 is 1. The van der Waals surface area contributed by atoms with Crippen molar-refractivity contribution in [2.24, 2.45) is 11.8 Å². The van der Waals surface area contributed by atoms with Gasteiger partial charge in [-0.3, -0.25) is 9.69 Å². The molecular formula is C15H25NO3. The maximum atomic E-state index is 12.6. The molecule has 0 spiro atoms. The molecule has 4 heteroatoms. The van der Waals surface area contributed by atoms with Crippen molar-refractivity contribution in [3.8, 4) is 0 Å². The summed E-state index contributed by atoms with van der Waals surface area (Å²) in [5, 5.41) is 9.88. The Bertz CT molecular complexity index is 353. The molecule has 4 atom stereocenters. The summed E-state index contributed by atoms with van der Waals surface area (Å²) in [5.74, 6) is 1.09. The Hall–Kier alpha value is -0.450. The van der Waals surface area contributed by atoms with Crippen LogP contribution >= 0.6 is 0 Å². The van der Waals surface area contributed by atoms with Crippen LogP contribution in [0.5, 0.6) is 0 Å². The largest absolute Gasteiger partial charge is 0.394 e. The van der Waals surface area contributed by atoms with Gasteiger partial charge in [-0.15, -0.1) is 0 Å². The maximum absolute atomic E-state index is 12.6. The van der Waals surface area contributed by atoms with Gasteiger partial charge in [-0.25, -0.2) is 0 Å². The number of Topliss-reactive ketones (excluding diaryl/α,β-unsaturated/α-hetero) is 1. The lowest BCUT2D eigenvalue weighted by Crippen LogP contribution is -2.72. The number of hydrogen-bond acceptors (Lipinski definition) is 4. The molecule has 4 aliphatic rings. The summed E-state index contributed by atoms with van der Waals surface area (Å²) in [6, 6.07) is 0.487. The highest BCUT2D eigenvalue weighted by Crippen LogP contribution is 2.45. The van der Waals surface area contributed by atoms with E-state index in [1.54, 1.807) is 7.11 Å². The molecule has 4 fully saturated rings. The zero-order valence-electron chi connectivity index (χ0n) is 11.8. The highest BCUT2D eigenvalue weighted by Gasteiger charge is 2.57. The molecule has 3 aliphatic heterocycles. The summed E-state index contributed by atoms with van der Waals surface area (Å²) in [6.45, 7) is 1.18. The second-order valence-corrected chi connectivity index (χ2v) is 6.51. The van der Waals surface area contributed by atoms with Crippen molar-refractivity contribution < 1.29 is 14.6 Å². The van der Waals surface area contributed by atoms with Crippen molar-refractivity contribution in [3.05, 3.63) is 0 Å². The second kappa shape index (κ2) is 5.15. The third kappa shape index (κ3) is 1.96. The Morgan fingerprint density at radius 1 is 1.37 bits per heavy atom. The Labute approximate surface area is 115 Å². The third-order valence-electron chi connectivity index (χ3n) is 5.61.